The van der Waals surface area contributed by atoms with E-state index in [0.29, 0.717) is 18.3 Å². The maximum Gasteiger partial charge on any atom is 0.252 e. The standard InChI is InChI=1S/C24H27N3O2S/c1-24(2,3)20-13-11-19(12-14-20)22-25-26-23(30-22)27(16-17-29-4)21(28)15-10-18-8-6-5-7-9-18/h5-15H,16-17H2,1-4H3. The number of hydrogen-bond donors (Lipinski definition) is 0. The van der Waals surface area contributed by atoms with Gasteiger partial charge >= 0.3 is 0 Å². The first kappa shape index (κ1) is 21.9. The number of amides is 1. The molecule has 0 atom stereocenters. The molecule has 1 amide bonds. The number of ether oxygens (including phenoxy) is 1. The maximum absolute atomic E-state index is 12.8. The van der Waals surface area contributed by atoms with E-state index >= 15 is 0 Å². The molecule has 6 heteroatoms. The van der Waals surface area contributed by atoms with Gasteiger partial charge in [0.2, 0.25) is 5.13 Å². The molecule has 0 aliphatic carbocycles. The summed E-state index contributed by atoms with van der Waals surface area (Å²) < 4.78 is 5.18. The zero-order valence-corrected chi connectivity index (χ0v) is 18.6. The molecule has 1 aromatic heterocycles. The van der Waals surface area contributed by atoms with Crippen LogP contribution in [0, 0.1) is 0 Å². The smallest absolute Gasteiger partial charge is 0.252 e. The van der Waals surface area contributed by atoms with E-state index in [4.69, 9.17) is 4.74 Å². The summed E-state index contributed by atoms with van der Waals surface area (Å²) in [5.41, 5.74) is 3.32. The quantitative estimate of drug-likeness (QED) is 0.492. The molecule has 0 aliphatic heterocycles. The summed E-state index contributed by atoms with van der Waals surface area (Å²) in [7, 11) is 1.62. The van der Waals surface area contributed by atoms with Crippen molar-refractivity contribution in [2.45, 2.75) is 26.2 Å². The Morgan fingerprint density at radius 2 is 1.77 bits per heavy atom. The molecule has 1 heterocycles. The summed E-state index contributed by atoms with van der Waals surface area (Å²) in [6.45, 7) is 7.39. The molecule has 0 saturated carbocycles. The summed E-state index contributed by atoms with van der Waals surface area (Å²) >= 11 is 1.40. The van der Waals surface area contributed by atoms with Gasteiger partial charge in [0.05, 0.1) is 13.2 Å². The zero-order valence-electron chi connectivity index (χ0n) is 17.8. The summed E-state index contributed by atoms with van der Waals surface area (Å²) in [6.07, 6.45) is 3.36. The highest BCUT2D eigenvalue weighted by atomic mass is 32.1. The summed E-state index contributed by atoms with van der Waals surface area (Å²) in [5, 5.41) is 9.94. The molecule has 3 aromatic rings. The van der Waals surface area contributed by atoms with Gasteiger partial charge in [0, 0.05) is 18.7 Å². The molecule has 3 rings (SSSR count). The lowest BCUT2D eigenvalue weighted by Gasteiger charge is -2.18. The van der Waals surface area contributed by atoms with Crippen LogP contribution in [0.4, 0.5) is 5.13 Å². The van der Waals surface area contributed by atoms with Gasteiger partial charge in [-0.15, -0.1) is 10.2 Å². The van der Waals surface area contributed by atoms with Gasteiger partial charge in [0.1, 0.15) is 5.01 Å². The first-order valence-corrected chi connectivity index (χ1v) is 10.7. The van der Waals surface area contributed by atoms with E-state index in [2.05, 4.69) is 55.2 Å². The third kappa shape index (κ3) is 5.62. The second kappa shape index (κ2) is 9.78. The van der Waals surface area contributed by atoms with Crippen LogP contribution in [0.3, 0.4) is 0 Å². The molecule has 5 nitrogen and oxygen atoms in total. The first-order valence-electron chi connectivity index (χ1n) is 9.86. The largest absolute Gasteiger partial charge is 0.383 e. The minimum Gasteiger partial charge on any atom is -0.383 e. The van der Waals surface area contributed by atoms with Crippen molar-refractivity contribution in [3.63, 3.8) is 0 Å². The first-order chi connectivity index (χ1) is 14.4. The summed E-state index contributed by atoms with van der Waals surface area (Å²) in [6, 6.07) is 18.1. The minimum atomic E-state index is -0.151. The fraction of sp³-hybridized carbons (Fsp3) is 0.292. The number of anilines is 1. The minimum absolute atomic E-state index is 0.0965. The molecule has 0 radical (unpaired) electrons. The average Bonchev–Trinajstić information content (AvgIpc) is 3.22. The SMILES string of the molecule is COCCN(C(=O)C=Cc1ccccc1)c1nnc(-c2ccc(C(C)(C)C)cc2)s1. The molecular weight excluding hydrogens is 394 g/mol. The van der Waals surface area contributed by atoms with Crippen molar-refractivity contribution in [3.05, 3.63) is 71.8 Å². The van der Waals surface area contributed by atoms with E-state index in [1.165, 1.54) is 16.9 Å². The molecule has 0 N–H and O–H groups in total. The Bertz CT molecular complexity index is 989. The van der Waals surface area contributed by atoms with Crippen molar-refractivity contribution >= 4 is 28.5 Å². The van der Waals surface area contributed by atoms with E-state index in [1.807, 2.05) is 30.3 Å². The Balaban J connectivity index is 1.81. The lowest BCUT2D eigenvalue weighted by Crippen LogP contribution is -2.32. The third-order valence-electron chi connectivity index (χ3n) is 4.65. The van der Waals surface area contributed by atoms with Crippen LogP contribution < -0.4 is 4.90 Å². The molecule has 30 heavy (non-hydrogen) atoms. The number of nitrogens with zero attached hydrogens (tertiary/aromatic N) is 3. The van der Waals surface area contributed by atoms with E-state index in [9.17, 15) is 4.79 Å². The Hall–Kier alpha value is -2.83. The molecule has 0 bridgehead atoms. The van der Waals surface area contributed by atoms with Crippen molar-refractivity contribution < 1.29 is 9.53 Å². The van der Waals surface area contributed by atoms with Crippen LogP contribution in [-0.2, 0) is 14.9 Å². The van der Waals surface area contributed by atoms with E-state index in [0.717, 1.165) is 16.1 Å². The fourth-order valence-electron chi connectivity index (χ4n) is 2.86. The highest BCUT2D eigenvalue weighted by Crippen LogP contribution is 2.31. The van der Waals surface area contributed by atoms with Crippen LogP contribution in [0.5, 0.6) is 0 Å². The lowest BCUT2D eigenvalue weighted by atomic mass is 9.87. The Morgan fingerprint density at radius 3 is 2.40 bits per heavy atom. The number of benzene rings is 2. The lowest BCUT2D eigenvalue weighted by molar-refractivity contribution is -0.114. The zero-order chi connectivity index (χ0) is 21.6. The number of rotatable bonds is 7. The van der Waals surface area contributed by atoms with Gasteiger partial charge in [0.25, 0.3) is 5.91 Å². The van der Waals surface area contributed by atoms with Gasteiger partial charge < -0.3 is 4.74 Å². The second-order valence-electron chi connectivity index (χ2n) is 7.94. The van der Waals surface area contributed by atoms with Gasteiger partial charge in [0.15, 0.2) is 0 Å². The fourth-order valence-corrected chi connectivity index (χ4v) is 3.74. The Kier molecular flexibility index (Phi) is 7.13. The predicted octanol–water partition coefficient (Wildman–Crippen LogP) is 5.20. The van der Waals surface area contributed by atoms with Gasteiger partial charge in [-0.3, -0.25) is 9.69 Å². The van der Waals surface area contributed by atoms with Gasteiger partial charge in [-0.1, -0.05) is 86.7 Å². The Labute approximate surface area is 182 Å². The summed E-state index contributed by atoms with van der Waals surface area (Å²) in [5.74, 6) is -0.151. The number of aromatic nitrogens is 2. The molecule has 0 spiro atoms. The topological polar surface area (TPSA) is 55.3 Å². The highest BCUT2D eigenvalue weighted by Gasteiger charge is 2.19. The van der Waals surface area contributed by atoms with Crippen LogP contribution >= 0.6 is 11.3 Å². The molecule has 156 valence electrons. The van der Waals surface area contributed by atoms with Crippen molar-refractivity contribution in [1.82, 2.24) is 10.2 Å². The number of carbonyl (C=O) groups excluding carboxylic acids is 1. The van der Waals surface area contributed by atoms with Crippen LogP contribution in [0.15, 0.2) is 60.7 Å². The van der Waals surface area contributed by atoms with Crippen molar-refractivity contribution in [2.75, 3.05) is 25.2 Å². The molecule has 0 fully saturated rings. The average molecular weight is 422 g/mol. The van der Waals surface area contributed by atoms with Crippen LogP contribution in [0.25, 0.3) is 16.6 Å². The van der Waals surface area contributed by atoms with E-state index in [-0.39, 0.29) is 11.3 Å². The Morgan fingerprint density at radius 1 is 1.07 bits per heavy atom. The molecule has 0 unspecified atom stereocenters. The third-order valence-corrected chi connectivity index (χ3v) is 5.64. The van der Waals surface area contributed by atoms with Crippen molar-refractivity contribution in [2.24, 2.45) is 0 Å². The summed E-state index contributed by atoms with van der Waals surface area (Å²) in [4.78, 5) is 14.5. The monoisotopic (exact) mass is 421 g/mol. The van der Waals surface area contributed by atoms with Crippen molar-refractivity contribution in [1.29, 1.82) is 0 Å². The van der Waals surface area contributed by atoms with Gasteiger partial charge in [-0.05, 0) is 22.6 Å². The van der Waals surface area contributed by atoms with Gasteiger partial charge in [-0.25, -0.2) is 0 Å². The van der Waals surface area contributed by atoms with Crippen molar-refractivity contribution in [3.8, 4) is 10.6 Å². The van der Waals surface area contributed by atoms with E-state index in [1.54, 1.807) is 24.2 Å². The van der Waals surface area contributed by atoms with Crippen LogP contribution in [0.2, 0.25) is 0 Å². The second-order valence-corrected chi connectivity index (χ2v) is 8.90. The van der Waals surface area contributed by atoms with Crippen LogP contribution in [-0.4, -0.2) is 36.4 Å². The molecule has 0 aliphatic rings. The molecule has 2 aromatic carbocycles. The number of hydrogen-bond acceptors (Lipinski definition) is 5. The van der Waals surface area contributed by atoms with E-state index < -0.39 is 0 Å². The predicted molar refractivity (Wildman–Crippen MR) is 124 cm³/mol. The number of methoxy groups -OCH3 is 1. The molecule has 0 saturated heterocycles. The van der Waals surface area contributed by atoms with Crippen LogP contribution in [0.1, 0.15) is 31.9 Å². The normalized spacial score (nSPS) is 11.7. The molecular formula is C24H27N3O2S. The highest BCUT2D eigenvalue weighted by molar-refractivity contribution is 7.18. The maximum atomic E-state index is 12.8. The number of carbonyl (C=O) groups is 1. The van der Waals surface area contributed by atoms with Gasteiger partial charge in [-0.2, -0.15) is 0 Å².